The largest absolute Gasteiger partial charge is 0.492 e. The molecule has 0 spiro atoms. The Bertz CT molecular complexity index is 401. The minimum Gasteiger partial charge on any atom is -0.492 e. The van der Waals surface area contributed by atoms with E-state index in [0.717, 1.165) is 30.9 Å². The van der Waals surface area contributed by atoms with E-state index in [2.05, 4.69) is 17.9 Å². The molecule has 0 saturated carbocycles. The molecule has 0 bridgehead atoms. The number of halogens is 1. The molecule has 18 heavy (non-hydrogen) atoms. The highest BCUT2D eigenvalue weighted by atomic mass is 35.5. The molecule has 4 heteroatoms. The first-order valence-electron chi connectivity index (χ1n) is 6.50. The summed E-state index contributed by atoms with van der Waals surface area (Å²) in [6.45, 7) is 7.64. The normalized spacial score (nSPS) is 24.4. The Kier molecular flexibility index (Phi) is 4.49. The predicted octanol–water partition coefficient (Wildman–Crippen LogP) is 2.52. The molecule has 1 fully saturated rings. The average molecular weight is 269 g/mol. The zero-order valence-electron chi connectivity index (χ0n) is 11.0. The van der Waals surface area contributed by atoms with E-state index >= 15 is 0 Å². The van der Waals surface area contributed by atoms with Crippen LogP contribution in [-0.4, -0.2) is 30.6 Å². The van der Waals surface area contributed by atoms with Crippen molar-refractivity contribution in [1.82, 2.24) is 4.90 Å². The van der Waals surface area contributed by atoms with Crippen LogP contribution >= 0.6 is 11.6 Å². The topological polar surface area (TPSA) is 38.5 Å². The molecular weight excluding hydrogens is 248 g/mol. The molecule has 1 aliphatic rings. The summed E-state index contributed by atoms with van der Waals surface area (Å²) in [5.74, 6) is 1.37. The number of hydrogen-bond donors (Lipinski definition) is 1. The van der Waals surface area contributed by atoms with Gasteiger partial charge in [0.15, 0.2) is 0 Å². The molecule has 2 N–H and O–H groups in total. The van der Waals surface area contributed by atoms with Gasteiger partial charge in [-0.25, -0.2) is 0 Å². The van der Waals surface area contributed by atoms with Gasteiger partial charge in [-0.15, -0.1) is 0 Å². The monoisotopic (exact) mass is 268 g/mol. The third-order valence-electron chi connectivity index (χ3n) is 3.48. The highest BCUT2D eigenvalue weighted by Gasteiger charge is 2.27. The van der Waals surface area contributed by atoms with E-state index in [1.54, 1.807) is 0 Å². The summed E-state index contributed by atoms with van der Waals surface area (Å²) in [6, 6.07) is 6.19. The van der Waals surface area contributed by atoms with Crippen LogP contribution < -0.4 is 10.5 Å². The van der Waals surface area contributed by atoms with Gasteiger partial charge in [-0.3, -0.25) is 4.90 Å². The molecule has 1 heterocycles. The van der Waals surface area contributed by atoms with Crippen molar-refractivity contribution in [2.24, 2.45) is 11.7 Å². The number of benzene rings is 1. The Morgan fingerprint density at radius 2 is 2.22 bits per heavy atom. The first-order chi connectivity index (χ1) is 8.61. The van der Waals surface area contributed by atoms with Crippen molar-refractivity contribution < 1.29 is 4.74 Å². The van der Waals surface area contributed by atoms with Gasteiger partial charge in [0, 0.05) is 31.2 Å². The number of para-hydroxylation sites is 1. The SMILES string of the molecule is CCOc1c(Cl)cccc1CN1CC(C)C(N)C1. The van der Waals surface area contributed by atoms with Crippen LogP contribution in [0.15, 0.2) is 18.2 Å². The molecule has 1 aliphatic heterocycles. The fraction of sp³-hybridized carbons (Fsp3) is 0.571. The Hall–Kier alpha value is -0.770. The minimum atomic E-state index is 0.278. The van der Waals surface area contributed by atoms with Crippen molar-refractivity contribution in [3.05, 3.63) is 28.8 Å². The quantitative estimate of drug-likeness (QED) is 0.912. The van der Waals surface area contributed by atoms with Gasteiger partial charge in [-0.1, -0.05) is 30.7 Å². The van der Waals surface area contributed by atoms with Gasteiger partial charge in [0.1, 0.15) is 5.75 Å². The average Bonchev–Trinajstić information content (AvgIpc) is 2.63. The van der Waals surface area contributed by atoms with Gasteiger partial charge in [0.2, 0.25) is 0 Å². The zero-order valence-corrected chi connectivity index (χ0v) is 11.8. The van der Waals surface area contributed by atoms with Crippen LogP contribution in [-0.2, 0) is 6.54 Å². The van der Waals surface area contributed by atoms with E-state index in [4.69, 9.17) is 22.1 Å². The van der Waals surface area contributed by atoms with Gasteiger partial charge in [-0.2, -0.15) is 0 Å². The number of ether oxygens (including phenoxy) is 1. The lowest BCUT2D eigenvalue weighted by atomic mass is 10.1. The minimum absolute atomic E-state index is 0.278. The molecule has 1 aromatic rings. The molecular formula is C14H21ClN2O. The Morgan fingerprint density at radius 3 is 2.83 bits per heavy atom. The van der Waals surface area contributed by atoms with Crippen LogP contribution in [0.25, 0.3) is 0 Å². The van der Waals surface area contributed by atoms with Crippen LogP contribution in [0.2, 0.25) is 5.02 Å². The van der Waals surface area contributed by atoms with E-state index in [1.165, 1.54) is 0 Å². The maximum Gasteiger partial charge on any atom is 0.142 e. The van der Waals surface area contributed by atoms with Crippen LogP contribution in [0.5, 0.6) is 5.75 Å². The fourth-order valence-corrected chi connectivity index (χ4v) is 2.70. The van der Waals surface area contributed by atoms with Crippen molar-refractivity contribution in [2.45, 2.75) is 26.4 Å². The lowest BCUT2D eigenvalue weighted by molar-refractivity contribution is 0.298. The maximum absolute atomic E-state index is 6.18. The summed E-state index contributed by atoms with van der Waals surface area (Å²) < 4.78 is 5.64. The maximum atomic E-state index is 6.18. The third-order valence-corrected chi connectivity index (χ3v) is 3.77. The second-order valence-electron chi connectivity index (χ2n) is 5.00. The number of likely N-dealkylation sites (tertiary alicyclic amines) is 1. The highest BCUT2D eigenvalue weighted by Crippen LogP contribution is 2.30. The molecule has 2 rings (SSSR count). The van der Waals surface area contributed by atoms with Crippen LogP contribution in [0.1, 0.15) is 19.4 Å². The summed E-state index contributed by atoms with van der Waals surface area (Å²) in [6.07, 6.45) is 0. The molecule has 0 amide bonds. The van der Waals surface area contributed by atoms with Gasteiger partial charge < -0.3 is 10.5 Å². The molecule has 3 nitrogen and oxygen atoms in total. The Morgan fingerprint density at radius 1 is 1.44 bits per heavy atom. The summed E-state index contributed by atoms with van der Waals surface area (Å²) in [5, 5.41) is 0.686. The van der Waals surface area contributed by atoms with Gasteiger partial charge in [0.25, 0.3) is 0 Å². The number of rotatable bonds is 4. The lowest BCUT2D eigenvalue weighted by Gasteiger charge is -2.18. The summed E-state index contributed by atoms with van der Waals surface area (Å²) in [4.78, 5) is 2.36. The van der Waals surface area contributed by atoms with E-state index in [9.17, 15) is 0 Å². The highest BCUT2D eigenvalue weighted by molar-refractivity contribution is 6.32. The molecule has 0 aromatic heterocycles. The van der Waals surface area contributed by atoms with Crippen molar-refractivity contribution in [3.63, 3.8) is 0 Å². The second kappa shape index (κ2) is 5.91. The molecule has 1 saturated heterocycles. The fourth-order valence-electron chi connectivity index (χ4n) is 2.45. The van der Waals surface area contributed by atoms with E-state index in [-0.39, 0.29) is 6.04 Å². The zero-order chi connectivity index (χ0) is 13.1. The lowest BCUT2D eigenvalue weighted by Crippen LogP contribution is -2.28. The molecule has 0 aliphatic carbocycles. The van der Waals surface area contributed by atoms with Crippen LogP contribution in [0.4, 0.5) is 0 Å². The molecule has 1 aromatic carbocycles. The molecule has 2 atom stereocenters. The van der Waals surface area contributed by atoms with Crippen molar-refractivity contribution in [2.75, 3.05) is 19.7 Å². The molecule has 100 valence electrons. The third kappa shape index (κ3) is 2.97. The number of hydrogen-bond acceptors (Lipinski definition) is 3. The van der Waals surface area contributed by atoms with Crippen molar-refractivity contribution >= 4 is 11.6 Å². The van der Waals surface area contributed by atoms with Crippen LogP contribution in [0.3, 0.4) is 0 Å². The van der Waals surface area contributed by atoms with Crippen molar-refractivity contribution in [1.29, 1.82) is 0 Å². The number of nitrogens with two attached hydrogens (primary N) is 1. The van der Waals surface area contributed by atoms with Gasteiger partial charge in [-0.05, 0) is 18.9 Å². The van der Waals surface area contributed by atoms with Gasteiger partial charge >= 0.3 is 0 Å². The van der Waals surface area contributed by atoms with Gasteiger partial charge in [0.05, 0.1) is 11.6 Å². The van der Waals surface area contributed by atoms with Crippen LogP contribution in [0, 0.1) is 5.92 Å². The van der Waals surface area contributed by atoms with E-state index in [0.29, 0.717) is 17.5 Å². The molecule has 0 radical (unpaired) electrons. The first-order valence-corrected chi connectivity index (χ1v) is 6.87. The smallest absolute Gasteiger partial charge is 0.142 e. The summed E-state index contributed by atoms with van der Waals surface area (Å²) in [5.41, 5.74) is 7.19. The summed E-state index contributed by atoms with van der Waals surface area (Å²) >= 11 is 6.18. The predicted molar refractivity (Wildman–Crippen MR) is 75.0 cm³/mol. The Balaban J connectivity index is 2.11. The molecule has 2 unspecified atom stereocenters. The number of nitrogens with zero attached hydrogens (tertiary/aromatic N) is 1. The summed E-state index contributed by atoms with van der Waals surface area (Å²) in [7, 11) is 0. The standard InChI is InChI=1S/C14H21ClN2O/c1-3-18-14-11(5-4-6-12(14)15)8-17-7-10(2)13(16)9-17/h4-6,10,13H,3,7-9,16H2,1-2H3. The van der Waals surface area contributed by atoms with Crippen molar-refractivity contribution in [3.8, 4) is 5.75 Å². The second-order valence-corrected chi connectivity index (χ2v) is 5.40. The van der Waals surface area contributed by atoms with E-state index < -0.39 is 0 Å². The Labute approximate surface area is 114 Å². The first kappa shape index (κ1) is 13.7. The van der Waals surface area contributed by atoms with E-state index in [1.807, 2.05) is 19.1 Å².